The summed E-state index contributed by atoms with van der Waals surface area (Å²) in [5.41, 5.74) is 1.23. The summed E-state index contributed by atoms with van der Waals surface area (Å²) in [4.78, 5) is 12.7. The number of nitrogens with zero attached hydrogens (tertiary/aromatic N) is 2. The second kappa shape index (κ2) is 7.13. The summed E-state index contributed by atoms with van der Waals surface area (Å²) in [5, 5.41) is 8.51. The van der Waals surface area contributed by atoms with Gasteiger partial charge in [-0.15, -0.1) is 11.3 Å². The predicted molar refractivity (Wildman–Crippen MR) is 94.8 cm³/mol. The zero-order valence-electron chi connectivity index (χ0n) is 13.5. The number of alkyl halides is 3. The average molecular weight is 400 g/mol. The van der Waals surface area contributed by atoms with Crippen molar-refractivity contribution in [1.82, 2.24) is 9.78 Å². The van der Waals surface area contributed by atoms with Gasteiger partial charge in [0.1, 0.15) is 0 Å². The lowest BCUT2D eigenvalue weighted by Gasteiger charge is -2.05. The minimum atomic E-state index is -4.47. The molecule has 1 amide bonds. The smallest absolute Gasteiger partial charge is 0.321 e. The predicted octanol–water partition coefficient (Wildman–Crippen LogP) is 5.23. The topological polar surface area (TPSA) is 46.9 Å². The maximum Gasteiger partial charge on any atom is 0.435 e. The van der Waals surface area contributed by atoms with Gasteiger partial charge in [0.2, 0.25) is 0 Å². The molecule has 0 saturated carbocycles. The zero-order valence-corrected chi connectivity index (χ0v) is 15.0. The number of aryl methyl sites for hydroxylation is 1. The van der Waals surface area contributed by atoms with Gasteiger partial charge in [0, 0.05) is 16.9 Å². The quantitative estimate of drug-likeness (QED) is 0.653. The third-order valence-electron chi connectivity index (χ3n) is 3.58. The summed E-state index contributed by atoms with van der Waals surface area (Å²) < 4.78 is 38.9. The fourth-order valence-electron chi connectivity index (χ4n) is 2.23. The molecule has 0 bridgehead atoms. The number of hydrogen-bond acceptors (Lipinski definition) is 3. The minimum Gasteiger partial charge on any atom is -0.321 e. The van der Waals surface area contributed by atoms with Crippen LogP contribution in [-0.4, -0.2) is 15.7 Å². The lowest BCUT2D eigenvalue weighted by atomic mass is 10.2. The number of anilines is 1. The molecule has 0 aliphatic heterocycles. The minimum absolute atomic E-state index is 0.149. The average Bonchev–Trinajstić information content (AvgIpc) is 3.20. The van der Waals surface area contributed by atoms with Crippen molar-refractivity contribution in [3.05, 3.63) is 68.6 Å². The summed E-state index contributed by atoms with van der Waals surface area (Å²) in [5.74, 6) is -0.308. The standard InChI is InChI=1S/C17H13ClF3N3OS/c1-10-2-3-12(7-13(10)18)22-16(25)14-6-11(9-26-14)8-24-5-4-15(23-24)17(19,20)21/h2-7,9H,8H2,1H3,(H,22,25). The fraction of sp³-hybridized carbons (Fsp3) is 0.176. The zero-order chi connectivity index (χ0) is 18.9. The van der Waals surface area contributed by atoms with Gasteiger partial charge in [-0.05, 0) is 47.7 Å². The monoisotopic (exact) mass is 399 g/mol. The summed E-state index contributed by atoms with van der Waals surface area (Å²) >= 11 is 7.24. The largest absolute Gasteiger partial charge is 0.435 e. The van der Waals surface area contributed by atoms with Crippen molar-refractivity contribution in [2.75, 3.05) is 5.32 Å². The highest BCUT2D eigenvalue weighted by Gasteiger charge is 2.33. The number of carbonyl (C=O) groups is 1. The number of amides is 1. The lowest BCUT2D eigenvalue weighted by molar-refractivity contribution is -0.141. The molecule has 2 aromatic heterocycles. The van der Waals surface area contributed by atoms with Crippen LogP contribution in [0, 0.1) is 6.92 Å². The van der Waals surface area contributed by atoms with Crippen LogP contribution in [0.15, 0.2) is 41.9 Å². The van der Waals surface area contributed by atoms with Gasteiger partial charge in [0.05, 0.1) is 11.4 Å². The maximum absolute atomic E-state index is 12.6. The van der Waals surface area contributed by atoms with Crippen molar-refractivity contribution in [3.63, 3.8) is 0 Å². The van der Waals surface area contributed by atoms with Gasteiger partial charge in [0.15, 0.2) is 5.69 Å². The van der Waals surface area contributed by atoms with E-state index >= 15 is 0 Å². The highest BCUT2D eigenvalue weighted by molar-refractivity contribution is 7.12. The molecule has 0 aliphatic rings. The highest BCUT2D eigenvalue weighted by atomic mass is 35.5. The Morgan fingerprint density at radius 2 is 2.08 bits per heavy atom. The third-order valence-corrected chi connectivity index (χ3v) is 4.97. The highest BCUT2D eigenvalue weighted by Crippen LogP contribution is 2.27. The molecule has 3 rings (SSSR count). The van der Waals surface area contributed by atoms with E-state index in [-0.39, 0.29) is 12.5 Å². The van der Waals surface area contributed by atoms with Crippen LogP contribution in [0.1, 0.15) is 26.5 Å². The van der Waals surface area contributed by atoms with Crippen LogP contribution in [0.5, 0.6) is 0 Å². The number of carbonyl (C=O) groups excluding carboxylic acids is 1. The molecule has 3 aromatic rings. The first-order valence-electron chi connectivity index (χ1n) is 7.48. The molecular formula is C17H13ClF3N3OS. The number of benzene rings is 1. The van der Waals surface area contributed by atoms with Crippen LogP contribution >= 0.6 is 22.9 Å². The van der Waals surface area contributed by atoms with Gasteiger partial charge in [-0.3, -0.25) is 9.48 Å². The molecule has 0 unspecified atom stereocenters. The van der Waals surface area contributed by atoms with E-state index in [1.165, 1.54) is 22.2 Å². The van der Waals surface area contributed by atoms with Crippen LogP contribution in [0.25, 0.3) is 0 Å². The van der Waals surface area contributed by atoms with E-state index in [4.69, 9.17) is 11.6 Å². The molecule has 1 aromatic carbocycles. The van der Waals surface area contributed by atoms with Gasteiger partial charge in [0.25, 0.3) is 5.91 Å². The second-order valence-electron chi connectivity index (χ2n) is 5.63. The van der Waals surface area contributed by atoms with Crippen LogP contribution in [0.4, 0.5) is 18.9 Å². The Morgan fingerprint density at radius 3 is 2.73 bits per heavy atom. The van der Waals surface area contributed by atoms with Gasteiger partial charge in [-0.2, -0.15) is 18.3 Å². The molecule has 1 N–H and O–H groups in total. The van der Waals surface area contributed by atoms with E-state index in [0.717, 1.165) is 11.6 Å². The van der Waals surface area contributed by atoms with E-state index in [9.17, 15) is 18.0 Å². The SMILES string of the molecule is Cc1ccc(NC(=O)c2cc(Cn3ccc(C(F)(F)F)n3)cs2)cc1Cl. The van der Waals surface area contributed by atoms with Gasteiger partial charge in [-0.25, -0.2) is 0 Å². The van der Waals surface area contributed by atoms with E-state index in [2.05, 4.69) is 10.4 Å². The molecule has 0 saturated heterocycles. The number of hydrogen-bond donors (Lipinski definition) is 1. The molecule has 9 heteroatoms. The van der Waals surface area contributed by atoms with Crippen molar-refractivity contribution in [3.8, 4) is 0 Å². The number of nitrogens with one attached hydrogen (secondary N) is 1. The summed E-state index contributed by atoms with van der Waals surface area (Å²) in [7, 11) is 0. The molecule has 0 spiro atoms. The van der Waals surface area contributed by atoms with Crippen molar-refractivity contribution in [2.45, 2.75) is 19.6 Å². The molecule has 4 nitrogen and oxygen atoms in total. The van der Waals surface area contributed by atoms with Crippen molar-refractivity contribution in [1.29, 1.82) is 0 Å². The van der Waals surface area contributed by atoms with Crippen molar-refractivity contribution in [2.24, 2.45) is 0 Å². The molecular weight excluding hydrogens is 387 g/mol. The first kappa shape index (κ1) is 18.5. The Morgan fingerprint density at radius 1 is 1.31 bits per heavy atom. The molecule has 0 atom stereocenters. The number of halogens is 4. The van der Waals surface area contributed by atoms with Crippen LogP contribution in [-0.2, 0) is 12.7 Å². The van der Waals surface area contributed by atoms with Gasteiger partial charge < -0.3 is 5.32 Å². The Kier molecular flexibility index (Phi) is 5.06. The molecule has 0 radical (unpaired) electrons. The number of aromatic nitrogens is 2. The summed E-state index contributed by atoms with van der Waals surface area (Å²) in [6, 6.07) is 7.75. The summed E-state index contributed by atoms with van der Waals surface area (Å²) in [6.45, 7) is 2.01. The van der Waals surface area contributed by atoms with E-state index in [0.29, 0.717) is 21.2 Å². The van der Waals surface area contributed by atoms with Crippen molar-refractivity contribution >= 4 is 34.5 Å². The number of rotatable bonds is 4. The normalized spacial score (nSPS) is 11.6. The van der Waals surface area contributed by atoms with Gasteiger partial charge in [-0.1, -0.05) is 17.7 Å². The summed E-state index contributed by atoms with van der Waals surface area (Å²) in [6.07, 6.45) is -3.21. The second-order valence-corrected chi connectivity index (χ2v) is 6.95. The van der Waals surface area contributed by atoms with Crippen molar-refractivity contribution < 1.29 is 18.0 Å². The Hall–Kier alpha value is -2.32. The fourth-order valence-corrected chi connectivity index (χ4v) is 3.21. The third kappa shape index (κ3) is 4.25. The Labute approximate surface area is 156 Å². The molecule has 2 heterocycles. The first-order valence-corrected chi connectivity index (χ1v) is 8.74. The molecule has 0 aliphatic carbocycles. The van der Waals surface area contributed by atoms with E-state index in [1.807, 2.05) is 6.92 Å². The van der Waals surface area contributed by atoms with Crippen LogP contribution < -0.4 is 5.32 Å². The van der Waals surface area contributed by atoms with E-state index in [1.54, 1.807) is 29.6 Å². The number of thiophene rings is 1. The first-order chi connectivity index (χ1) is 12.2. The molecule has 26 heavy (non-hydrogen) atoms. The van der Waals surface area contributed by atoms with Crippen LogP contribution in [0.2, 0.25) is 5.02 Å². The van der Waals surface area contributed by atoms with Crippen LogP contribution in [0.3, 0.4) is 0 Å². The Bertz CT molecular complexity index is 949. The maximum atomic E-state index is 12.6. The van der Waals surface area contributed by atoms with E-state index < -0.39 is 11.9 Å². The Balaban J connectivity index is 1.68. The molecule has 136 valence electrons. The molecule has 0 fully saturated rings. The van der Waals surface area contributed by atoms with Gasteiger partial charge >= 0.3 is 6.18 Å². The lowest BCUT2D eigenvalue weighted by Crippen LogP contribution is -2.10.